The van der Waals surface area contributed by atoms with E-state index in [4.69, 9.17) is 9.84 Å². The molecular weight excluding hydrogens is 287 g/mol. The van der Waals surface area contributed by atoms with E-state index in [0.717, 1.165) is 0 Å². The van der Waals surface area contributed by atoms with Crippen LogP contribution in [0.3, 0.4) is 0 Å². The molecule has 1 aromatic carbocycles. The van der Waals surface area contributed by atoms with E-state index in [-0.39, 0.29) is 18.8 Å². The minimum atomic E-state index is -3.05. The zero-order valence-corrected chi connectivity index (χ0v) is 11.6. The van der Waals surface area contributed by atoms with Gasteiger partial charge in [0.15, 0.2) is 11.6 Å². The minimum Gasteiger partial charge on any atom is -0.432 e. The van der Waals surface area contributed by atoms with Crippen LogP contribution in [0.1, 0.15) is 12.5 Å². The number of morpholine rings is 1. The predicted molar refractivity (Wildman–Crippen MR) is 69.7 cm³/mol. The van der Waals surface area contributed by atoms with Crippen molar-refractivity contribution >= 4 is 0 Å². The van der Waals surface area contributed by atoms with Crippen LogP contribution in [0.4, 0.5) is 13.2 Å². The van der Waals surface area contributed by atoms with Gasteiger partial charge in [-0.15, -0.1) is 0 Å². The van der Waals surface area contributed by atoms with Crippen molar-refractivity contribution in [2.75, 3.05) is 19.8 Å². The molecular formula is C14H18F3NO3. The molecule has 1 saturated heterocycles. The third-order valence-electron chi connectivity index (χ3n) is 3.44. The van der Waals surface area contributed by atoms with Crippen LogP contribution in [0.25, 0.3) is 0 Å². The van der Waals surface area contributed by atoms with Crippen molar-refractivity contribution < 1.29 is 27.8 Å². The summed E-state index contributed by atoms with van der Waals surface area (Å²) in [5.74, 6) is -1.27. The molecule has 21 heavy (non-hydrogen) atoms. The number of benzene rings is 1. The molecule has 1 N–H and O–H groups in total. The van der Waals surface area contributed by atoms with Gasteiger partial charge in [0.1, 0.15) is 0 Å². The van der Waals surface area contributed by atoms with Gasteiger partial charge in [-0.3, -0.25) is 4.90 Å². The van der Waals surface area contributed by atoms with Crippen molar-refractivity contribution in [2.45, 2.75) is 32.2 Å². The average molecular weight is 305 g/mol. The molecule has 7 heteroatoms. The Kier molecular flexibility index (Phi) is 5.44. The van der Waals surface area contributed by atoms with Gasteiger partial charge in [0.05, 0.1) is 19.3 Å². The fraction of sp³-hybridized carbons (Fsp3) is 0.571. The second-order valence-electron chi connectivity index (χ2n) is 5.06. The molecule has 118 valence electrons. The Morgan fingerprint density at radius 3 is 2.86 bits per heavy atom. The minimum absolute atomic E-state index is 0.0707. The number of ether oxygens (including phenoxy) is 2. The molecule has 4 nitrogen and oxygen atoms in total. The molecule has 0 amide bonds. The number of hydrogen-bond acceptors (Lipinski definition) is 4. The standard InChI is InChI=1S/C14H18F3NO3/c1-9-8-20-11(7-19)6-18(9)5-10-2-3-13(12(15)4-10)21-14(16)17/h2-4,9,11,14,19H,5-8H2,1H3. The Labute approximate surface area is 121 Å². The van der Waals surface area contributed by atoms with Crippen LogP contribution in [0.5, 0.6) is 5.75 Å². The van der Waals surface area contributed by atoms with Crippen LogP contribution >= 0.6 is 0 Å². The Balaban J connectivity index is 2.03. The number of aliphatic hydroxyl groups excluding tert-OH is 1. The van der Waals surface area contributed by atoms with Crippen molar-refractivity contribution in [3.63, 3.8) is 0 Å². The van der Waals surface area contributed by atoms with Crippen LogP contribution in [0.2, 0.25) is 0 Å². The fourth-order valence-corrected chi connectivity index (χ4v) is 2.27. The highest BCUT2D eigenvalue weighted by molar-refractivity contribution is 5.29. The molecule has 2 unspecified atom stereocenters. The molecule has 0 spiro atoms. The van der Waals surface area contributed by atoms with Gasteiger partial charge in [-0.1, -0.05) is 6.07 Å². The molecule has 1 aliphatic heterocycles. The van der Waals surface area contributed by atoms with E-state index >= 15 is 0 Å². The summed E-state index contributed by atoms with van der Waals surface area (Å²) in [6.45, 7) is 0.327. The van der Waals surface area contributed by atoms with E-state index in [1.54, 1.807) is 6.07 Å². The van der Waals surface area contributed by atoms with E-state index in [9.17, 15) is 13.2 Å². The van der Waals surface area contributed by atoms with Crippen LogP contribution in [-0.2, 0) is 11.3 Å². The van der Waals surface area contributed by atoms with E-state index in [0.29, 0.717) is 25.3 Å². The van der Waals surface area contributed by atoms with Crippen molar-refractivity contribution in [3.05, 3.63) is 29.6 Å². The Morgan fingerprint density at radius 2 is 2.24 bits per heavy atom. The fourth-order valence-electron chi connectivity index (χ4n) is 2.27. The quantitative estimate of drug-likeness (QED) is 0.903. The van der Waals surface area contributed by atoms with E-state index in [1.807, 2.05) is 11.8 Å². The van der Waals surface area contributed by atoms with Crippen molar-refractivity contribution in [2.24, 2.45) is 0 Å². The Morgan fingerprint density at radius 1 is 1.48 bits per heavy atom. The Bertz CT molecular complexity index is 473. The van der Waals surface area contributed by atoms with E-state index in [2.05, 4.69) is 4.74 Å². The lowest BCUT2D eigenvalue weighted by Gasteiger charge is -2.37. The summed E-state index contributed by atoms with van der Waals surface area (Å²) in [7, 11) is 0. The summed E-state index contributed by atoms with van der Waals surface area (Å²) in [6.07, 6.45) is -0.257. The van der Waals surface area contributed by atoms with Crippen LogP contribution in [0.15, 0.2) is 18.2 Å². The first kappa shape index (κ1) is 16.1. The first-order valence-electron chi connectivity index (χ1n) is 6.69. The number of nitrogens with zero attached hydrogens (tertiary/aromatic N) is 1. The molecule has 0 aromatic heterocycles. The van der Waals surface area contributed by atoms with Gasteiger partial charge < -0.3 is 14.6 Å². The smallest absolute Gasteiger partial charge is 0.387 e. The summed E-state index contributed by atoms with van der Waals surface area (Å²) < 4.78 is 47.3. The van der Waals surface area contributed by atoms with Crippen molar-refractivity contribution in [1.29, 1.82) is 0 Å². The van der Waals surface area contributed by atoms with Gasteiger partial charge in [0.25, 0.3) is 0 Å². The largest absolute Gasteiger partial charge is 0.432 e. The molecule has 1 aromatic rings. The van der Waals surface area contributed by atoms with Crippen molar-refractivity contribution in [1.82, 2.24) is 4.90 Å². The second-order valence-corrected chi connectivity index (χ2v) is 5.06. The molecule has 1 fully saturated rings. The third kappa shape index (κ3) is 4.33. The third-order valence-corrected chi connectivity index (χ3v) is 3.44. The number of alkyl halides is 2. The van der Waals surface area contributed by atoms with Crippen LogP contribution in [0, 0.1) is 5.82 Å². The average Bonchev–Trinajstić information content (AvgIpc) is 2.44. The Hall–Kier alpha value is -1.31. The molecule has 0 aliphatic carbocycles. The van der Waals surface area contributed by atoms with Crippen molar-refractivity contribution in [3.8, 4) is 5.75 Å². The van der Waals surface area contributed by atoms with Gasteiger partial charge in [0.2, 0.25) is 0 Å². The maximum Gasteiger partial charge on any atom is 0.387 e. The van der Waals surface area contributed by atoms with E-state index < -0.39 is 18.2 Å². The SMILES string of the molecule is CC1COC(CO)CN1Cc1ccc(OC(F)F)c(F)c1. The van der Waals surface area contributed by atoms with Gasteiger partial charge in [-0.2, -0.15) is 8.78 Å². The topological polar surface area (TPSA) is 41.9 Å². The highest BCUT2D eigenvalue weighted by atomic mass is 19.3. The summed E-state index contributed by atoms with van der Waals surface area (Å²) in [4.78, 5) is 2.05. The molecule has 1 heterocycles. The van der Waals surface area contributed by atoms with Gasteiger partial charge >= 0.3 is 6.61 Å². The van der Waals surface area contributed by atoms with Gasteiger partial charge in [0, 0.05) is 19.1 Å². The number of halogens is 3. The number of rotatable bonds is 5. The normalized spacial score (nSPS) is 23.5. The van der Waals surface area contributed by atoms with Crippen LogP contribution < -0.4 is 4.74 Å². The number of hydrogen-bond donors (Lipinski definition) is 1. The molecule has 2 atom stereocenters. The predicted octanol–water partition coefficient (Wildman–Crippen LogP) is 2.01. The lowest BCUT2D eigenvalue weighted by atomic mass is 10.1. The summed E-state index contributed by atoms with van der Waals surface area (Å²) in [5, 5.41) is 9.13. The molecule has 0 radical (unpaired) electrons. The maximum absolute atomic E-state index is 13.7. The zero-order chi connectivity index (χ0) is 15.4. The highest BCUT2D eigenvalue weighted by Gasteiger charge is 2.25. The second kappa shape index (κ2) is 7.11. The first-order valence-corrected chi connectivity index (χ1v) is 6.69. The number of aliphatic hydroxyl groups is 1. The lowest BCUT2D eigenvalue weighted by Crippen LogP contribution is -2.48. The molecule has 0 bridgehead atoms. The molecule has 0 saturated carbocycles. The molecule has 2 rings (SSSR count). The highest BCUT2D eigenvalue weighted by Crippen LogP contribution is 2.22. The van der Waals surface area contributed by atoms with Gasteiger partial charge in [-0.05, 0) is 24.6 Å². The van der Waals surface area contributed by atoms with Crippen LogP contribution in [-0.4, -0.2) is 48.5 Å². The summed E-state index contributed by atoms with van der Waals surface area (Å²) >= 11 is 0. The summed E-state index contributed by atoms with van der Waals surface area (Å²) in [5.41, 5.74) is 0.652. The summed E-state index contributed by atoms with van der Waals surface area (Å²) in [6, 6.07) is 4.07. The zero-order valence-electron chi connectivity index (χ0n) is 11.6. The van der Waals surface area contributed by atoms with Gasteiger partial charge in [-0.25, -0.2) is 4.39 Å². The molecule has 1 aliphatic rings. The maximum atomic E-state index is 13.7. The monoisotopic (exact) mass is 305 g/mol. The lowest BCUT2D eigenvalue weighted by molar-refractivity contribution is -0.0806. The van der Waals surface area contributed by atoms with E-state index in [1.165, 1.54) is 12.1 Å². The first-order chi connectivity index (χ1) is 9.99.